The number of aliphatic hydroxyl groups is 3. The van der Waals surface area contributed by atoms with Gasteiger partial charge in [0.2, 0.25) is 0 Å². The highest BCUT2D eigenvalue weighted by Gasteiger charge is 2.58. The number of rotatable bonds is 6. The van der Waals surface area contributed by atoms with Crippen molar-refractivity contribution in [3.05, 3.63) is 23.8 Å². The molecule has 0 aromatic carbocycles. The summed E-state index contributed by atoms with van der Waals surface area (Å²) < 4.78 is 5.36. The molecule has 0 saturated heterocycles. The van der Waals surface area contributed by atoms with Crippen molar-refractivity contribution in [1.29, 1.82) is 0 Å². The van der Waals surface area contributed by atoms with Crippen molar-refractivity contribution in [3.8, 4) is 0 Å². The molecule has 0 spiro atoms. The van der Waals surface area contributed by atoms with Gasteiger partial charge in [-0.1, -0.05) is 32.1 Å². The molecule has 2 rings (SSSR count). The molecule has 0 bridgehead atoms. The van der Waals surface area contributed by atoms with Gasteiger partial charge in [-0.15, -0.1) is 0 Å². The van der Waals surface area contributed by atoms with E-state index in [0.717, 1.165) is 24.0 Å². The summed E-state index contributed by atoms with van der Waals surface area (Å²) in [4.78, 5) is 11.4. The van der Waals surface area contributed by atoms with Gasteiger partial charge >= 0.3 is 5.97 Å². The second-order valence-electron chi connectivity index (χ2n) is 9.21. The Hall–Kier alpha value is -1.17. The Kier molecular flexibility index (Phi) is 6.93. The van der Waals surface area contributed by atoms with Crippen LogP contribution in [0.3, 0.4) is 0 Å². The summed E-state index contributed by atoms with van der Waals surface area (Å²) in [5.74, 6) is -0.125. The molecule has 0 aromatic rings. The van der Waals surface area contributed by atoms with Gasteiger partial charge in [-0.3, -0.25) is 4.79 Å². The fraction of sp³-hybridized carbons (Fsp3) is 0.773. The van der Waals surface area contributed by atoms with E-state index < -0.39 is 12.2 Å². The summed E-state index contributed by atoms with van der Waals surface area (Å²) in [6.07, 6.45) is 4.21. The van der Waals surface area contributed by atoms with Gasteiger partial charge in [0.15, 0.2) is 0 Å². The van der Waals surface area contributed by atoms with Gasteiger partial charge in [0.25, 0.3) is 0 Å². The van der Waals surface area contributed by atoms with E-state index in [4.69, 9.17) is 9.84 Å². The van der Waals surface area contributed by atoms with Crippen LogP contribution in [-0.4, -0.2) is 46.7 Å². The molecule has 0 heterocycles. The lowest BCUT2D eigenvalue weighted by Crippen LogP contribution is -2.58. The Morgan fingerprint density at radius 2 is 1.96 bits per heavy atom. The van der Waals surface area contributed by atoms with E-state index in [-0.39, 0.29) is 41.8 Å². The van der Waals surface area contributed by atoms with Crippen molar-refractivity contribution in [3.63, 3.8) is 0 Å². The van der Waals surface area contributed by atoms with Gasteiger partial charge in [0.05, 0.1) is 25.4 Å². The molecule has 0 amide bonds. The van der Waals surface area contributed by atoms with Gasteiger partial charge in [-0.05, 0) is 61.9 Å². The van der Waals surface area contributed by atoms with Gasteiger partial charge in [0, 0.05) is 12.3 Å². The van der Waals surface area contributed by atoms with Crippen molar-refractivity contribution < 1.29 is 24.9 Å². The summed E-state index contributed by atoms with van der Waals surface area (Å²) in [5, 5.41) is 30.5. The molecule has 2 fully saturated rings. The first-order valence-corrected chi connectivity index (χ1v) is 9.98. The van der Waals surface area contributed by atoms with E-state index in [9.17, 15) is 15.0 Å². The predicted octanol–water partition coefficient (Wildman–Crippen LogP) is 2.99. The molecule has 154 valence electrons. The Bertz CT molecular complexity index is 598. The number of hydrogen-bond donors (Lipinski definition) is 3. The molecule has 5 nitrogen and oxygen atoms in total. The van der Waals surface area contributed by atoms with Gasteiger partial charge < -0.3 is 20.1 Å². The quantitative estimate of drug-likeness (QED) is 0.487. The zero-order valence-corrected chi connectivity index (χ0v) is 17.2. The largest absolute Gasteiger partial charge is 0.465 e. The average molecular weight is 381 g/mol. The number of hydrogen-bond acceptors (Lipinski definition) is 5. The first kappa shape index (κ1) is 22.1. The van der Waals surface area contributed by atoms with Crippen molar-refractivity contribution in [1.82, 2.24) is 0 Å². The van der Waals surface area contributed by atoms with E-state index in [2.05, 4.69) is 20.4 Å². The standard InChI is InChI=1S/C22H36O5/c1-14(8-9-23)6-7-18-15(2)19(26)10-20-21(4,13-27-16(3)24)11-17(25)12-22(18,20)5/h8,17-20,23,25-26H,2,6-7,9-13H2,1,3-5H3/b14-8+/t17-,18-,19+,20-,21+,22+/m0/s1. The van der Waals surface area contributed by atoms with Gasteiger partial charge in [0.1, 0.15) is 0 Å². The minimum Gasteiger partial charge on any atom is -0.465 e. The van der Waals surface area contributed by atoms with Gasteiger partial charge in [-0.25, -0.2) is 0 Å². The number of carbonyl (C=O) groups is 1. The van der Waals surface area contributed by atoms with Crippen LogP contribution in [0, 0.1) is 22.7 Å². The molecular weight excluding hydrogens is 344 g/mol. The molecule has 2 saturated carbocycles. The average Bonchev–Trinajstić information content (AvgIpc) is 2.55. The lowest BCUT2D eigenvalue weighted by molar-refractivity contribution is -0.167. The first-order valence-electron chi connectivity index (χ1n) is 9.98. The topological polar surface area (TPSA) is 87.0 Å². The molecule has 27 heavy (non-hydrogen) atoms. The third kappa shape index (κ3) is 4.64. The van der Waals surface area contributed by atoms with E-state index in [1.807, 2.05) is 13.0 Å². The van der Waals surface area contributed by atoms with Crippen molar-refractivity contribution in [2.45, 2.75) is 72.0 Å². The number of esters is 1. The van der Waals surface area contributed by atoms with Crippen LogP contribution in [0.2, 0.25) is 0 Å². The fourth-order valence-corrected chi connectivity index (χ4v) is 5.74. The Labute approximate surface area is 163 Å². The second-order valence-corrected chi connectivity index (χ2v) is 9.21. The highest BCUT2D eigenvalue weighted by atomic mass is 16.5. The van der Waals surface area contributed by atoms with Crippen LogP contribution in [0.15, 0.2) is 23.8 Å². The Morgan fingerprint density at radius 1 is 1.30 bits per heavy atom. The minimum absolute atomic E-state index is 0.0269. The normalized spacial score (nSPS) is 39.8. The summed E-state index contributed by atoms with van der Waals surface area (Å²) in [7, 11) is 0. The zero-order chi connectivity index (χ0) is 20.4. The molecule has 0 aliphatic heterocycles. The predicted molar refractivity (Wildman–Crippen MR) is 105 cm³/mol. The number of fused-ring (bicyclic) bond motifs is 1. The monoisotopic (exact) mass is 380 g/mol. The third-order valence-electron chi connectivity index (χ3n) is 7.02. The Morgan fingerprint density at radius 3 is 2.56 bits per heavy atom. The fourth-order valence-electron chi connectivity index (χ4n) is 5.74. The number of carbonyl (C=O) groups excluding carboxylic acids is 1. The molecule has 5 heteroatoms. The first-order chi connectivity index (χ1) is 12.5. The van der Waals surface area contributed by atoms with Gasteiger partial charge in [-0.2, -0.15) is 0 Å². The van der Waals surface area contributed by atoms with Crippen molar-refractivity contribution >= 4 is 5.97 Å². The lowest BCUT2D eigenvalue weighted by Gasteiger charge is -2.60. The molecule has 0 radical (unpaired) electrons. The molecule has 6 atom stereocenters. The lowest BCUT2D eigenvalue weighted by atomic mass is 9.45. The smallest absolute Gasteiger partial charge is 0.302 e. The maximum Gasteiger partial charge on any atom is 0.302 e. The van der Waals surface area contributed by atoms with Crippen LogP contribution in [0.25, 0.3) is 0 Å². The van der Waals surface area contributed by atoms with E-state index in [0.29, 0.717) is 19.3 Å². The maximum absolute atomic E-state index is 11.4. The van der Waals surface area contributed by atoms with Crippen LogP contribution in [0.5, 0.6) is 0 Å². The van der Waals surface area contributed by atoms with Crippen LogP contribution in [-0.2, 0) is 9.53 Å². The minimum atomic E-state index is -0.581. The molecular formula is C22H36O5. The van der Waals surface area contributed by atoms with E-state index in [1.54, 1.807) is 0 Å². The van der Waals surface area contributed by atoms with Crippen molar-refractivity contribution in [2.24, 2.45) is 22.7 Å². The van der Waals surface area contributed by atoms with Crippen LogP contribution in [0.4, 0.5) is 0 Å². The zero-order valence-electron chi connectivity index (χ0n) is 17.2. The number of aliphatic hydroxyl groups excluding tert-OH is 3. The Balaban J connectivity index is 2.33. The van der Waals surface area contributed by atoms with E-state index in [1.165, 1.54) is 6.92 Å². The van der Waals surface area contributed by atoms with Crippen LogP contribution >= 0.6 is 0 Å². The summed E-state index contributed by atoms with van der Waals surface area (Å²) >= 11 is 0. The van der Waals surface area contributed by atoms with Crippen LogP contribution < -0.4 is 0 Å². The molecule has 2 aliphatic carbocycles. The summed E-state index contributed by atoms with van der Waals surface area (Å²) in [5.41, 5.74) is 1.36. The summed E-state index contributed by atoms with van der Waals surface area (Å²) in [6.45, 7) is 12.1. The molecule has 0 unspecified atom stereocenters. The highest BCUT2D eigenvalue weighted by molar-refractivity contribution is 5.65. The third-order valence-corrected chi connectivity index (χ3v) is 7.02. The second kappa shape index (κ2) is 8.46. The van der Waals surface area contributed by atoms with Crippen LogP contribution in [0.1, 0.15) is 59.8 Å². The molecule has 0 aromatic heterocycles. The summed E-state index contributed by atoms with van der Waals surface area (Å²) in [6, 6.07) is 0. The SMILES string of the molecule is C=C1[C@H](O)C[C@H]2[C@@](C)(COC(C)=O)C[C@H](O)C[C@]2(C)[C@H]1CC/C(C)=C/CO. The van der Waals surface area contributed by atoms with Crippen molar-refractivity contribution in [2.75, 3.05) is 13.2 Å². The molecule has 2 aliphatic rings. The highest BCUT2D eigenvalue weighted by Crippen LogP contribution is 2.62. The maximum atomic E-state index is 11.4. The number of ether oxygens (including phenoxy) is 1. The molecule has 3 N–H and O–H groups in total. The number of allylic oxidation sites excluding steroid dienone is 1. The van der Waals surface area contributed by atoms with E-state index >= 15 is 0 Å².